The lowest BCUT2D eigenvalue weighted by Crippen LogP contribution is -2.13. The van der Waals surface area contributed by atoms with Gasteiger partial charge in [0.05, 0.1) is 4.90 Å². The molecule has 3 rings (SSSR count). The van der Waals surface area contributed by atoms with Crippen molar-refractivity contribution in [3.8, 4) is 0 Å². The van der Waals surface area contributed by atoms with Crippen LogP contribution in [-0.4, -0.2) is 14.2 Å². The highest BCUT2D eigenvalue weighted by molar-refractivity contribution is 7.92. The second kappa shape index (κ2) is 5.31. The van der Waals surface area contributed by atoms with Gasteiger partial charge in [-0.1, -0.05) is 30.3 Å². The number of rotatable bonds is 4. The third-order valence-electron chi connectivity index (χ3n) is 3.21. The summed E-state index contributed by atoms with van der Waals surface area (Å²) in [6.45, 7) is 1.39. The molecule has 1 heterocycles. The molecule has 1 N–H and O–H groups in total. The molecule has 0 aliphatic rings. The van der Waals surface area contributed by atoms with Crippen LogP contribution in [0.25, 0.3) is 11.0 Å². The lowest BCUT2D eigenvalue weighted by Gasteiger charge is -2.06. The molecule has 5 nitrogen and oxygen atoms in total. The van der Waals surface area contributed by atoms with Crippen LogP contribution in [0.5, 0.6) is 0 Å². The molecule has 0 amide bonds. The van der Waals surface area contributed by atoms with E-state index in [4.69, 9.17) is 4.42 Å². The first kappa shape index (κ1) is 14.3. The maximum atomic E-state index is 12.4. The van der Waals surface area contributed by atoms with Crippen molar-refractivity contribution in [3.63, 3.8) is 0 Å². The fraction of sp³-hybridized carbons (Fsp3) is 0.0625. The van der Waals surface area contributed by atoms with E-state index in [2.05, 4.69) is 4.72 Å². The molecule has 0 atom stereocenters. The van der Waals surface area contributed by atoms with Crippen molar-refractivity contribution in [1.29, 1.82) is 0 Å². The molecule has 1 aromatic heterocycles. The topological polar surface area (TPSA) is 76.4 Å². The van der Waals surface area contributed by atoms with Crippen LogP contribution in [0.1, 0.15) is 17.3 Å². The number of hydrogen-bond donors (Lipinski definition) is 1. The first-order valence-corrected chi connectivity index (χ1v) is 8.06. The summed E-state index contributed by atoms with van der Waals surface area (Å²) in [6, 6.07) is 14.7. The zero-order chi connectivity index (χ0) is 15.7. The quantitative estimate of drug-likeness (QED) is 0.748. The van der Waals surface area contributed by atoms with E-state index in [0.29, 0.717) is 11.1 Å². The van der Waals surface area contributed by atoms with Gasteiger partial charge in [0.1, 0.15) is 5.58 Å². The van der Waals surface area contributed by atoms with Gasteiger partial charge < -0.3 is 4.42 Å². The van der Waals surface area contributed by atoms with Crippen molar-refractivity contribution >= 4 is 32.7 Å². The Hall–Kier alpha value is -2.60. The minimum absolute atomic E-state index is 0.0145. The van der Waals surface area contributed by atoms with E-state index in [0.717, 1.165) is 5.39 Å². The number of Topliss-reactive ketones (excluding diaryl/α,β-unsaturated/α-hetero) is 1. The molecule has 3 aromatic rings. The highest BCUT2D eigenvalue weighted by Crippen LogP contribution is 2.25. The van der Waals surface area contributed by atoms with Crippen LogP contribution in [0.2, 0.25) is 0 Å². The Morgan fingerprint density at radius 3 is 2.55 bits per heavy atom. The normalized spacial score (nSPS) is 11.5. The van der Waals surface area contributed by atoms with E-state index < -0.39 is 10.0 Å². The number of carbonyl (C=O) groups excluding carboxylic acids is 1. The first-order valence-electron chi connectivity index (χ1n) is 6.58. The van der Waals surface area contributed by atoms with Gasteiger partial charge in [-0.05, 0) is 25.1 Å². The Bertz CT molecular complexity index is 924. The number of benzene rings is 2. The van der Waals surface area contributed by atoms with Gasteiger partial charge in [-0.25, -0.2) is 13.1 Å². The molecular formula is C16H13NO4S. The van der Waals surface area contributed by atoms with Crippen LogP contribution in [-0.2, 0) is 10.0 Å². The standard InChI is InChI=1S/C16H13NO4S/c1-11(18)12-6-4-7-14(9-12)22(19,20)17-16-10-13-5-2-3-8-15(13)21-16/h2-10,17H,1H3. The summed E-state index contributed by atoms with van der Waals surface area (Å²) >= 11 is 0. The number of anilines is 1. The molecular weight excluding hydrogens is 302 g/mol. The lowest BCUT2D eigenvalue weighted by atomic mass is 10.2. The number of nitrogens with one attached hydrogen (secondary N) is 1. The molecule has 22 heavy (non-hydrogen) atoms. The molecule has 6 heteroatoms. The Balaban J connectivity index is 1.96. The van der Waals surface area contributed by atoms with E-state index in [1.807, 2.05) is 12.1 Å². The number of fused-ring (bicyclic) bond motifs is 1. The number of ketones is 1. The number of sulfonamides is 1. The molecule has 0 spiro atoms. The monoisotopic (exact) mass is 315 g/mol. The fourth-order valence-corrected chi connectivity index (χ4v) is 3.13. The number of hydrogen-bond acceptors (Lipinski definition) is 4. The maximum absolute atomic E-state index is 12.4. The van der Waals surface area contributed by atoms with Gasteiger partial charge in [0, 0.05) is 17.0 Å². The van der Waals surface area contributed by atoms with Crippen LogP contribution < -0.4 is 4.72 Å². The molecule has 0 radical (unpaired) electrons. The lowest BCUT2D eigenvalue weighted by molar-refractivity contribution is 0.101. The average Bonchev–Trinajstić information content (AvgIpc) is 2.88. The van der Waals surface area contributed by atoms with Crippen molar-refractivity contribution < 1.29 is 17.6 Å². The zero-order valence-corrected chi connectivity index (χ0v) is 12.6. The summed E-state index contributed by atoms with van der Waals surface area (Å²) in [5.41, 5.74) is 0.935. The third-order valence-corrected chi connectivity index (χ3v) is 4.56. The summed E-state index contributed by atoms with van der Waals surface area (Å²) < 4.78 is 32.6. The van der Waals surface area contributed by atoms with E-state index in [9.17, 15) is 13.2 Å². The molecule has 0 saturated carbocycles. The Labute approximate surface area is 127 Å². The predicted molar refractivity (Wildman–Crippen MR) is 83.5 cm³/mol. The Kier molecular flexibility index (Phi) is 3.46. The second-order valence-electron chi connectivity index (χ2n) is 4.84. The van der Waals surface area contributed by atoms with Crippen LogP contribution in [0.4, 0.5) is 5.88 Å². The molecule has 0 bridgehead atoms. The number of carbonyl (C=O) groups is 1. The second-order valence-corrected chi connectivity index (χ2v) is 6.52. The molecule has 0 unspecified atom stereocenters. The minimum Gasteiger partial charge on any atom is -0.440 e. The van der Waals surface area contributed by atoms with Gasteiger partial charge in [-0.15, -0.1) is 0 Å². The first-order chi connectivity index (χ1) is 10.5. The number of furan rings is 1. The zero-order valence-electron chi connectivity index (χ0n) is 11.7. The van der Waals surface area contributed by atoms with E-state index >= 15 is 0 Å². The van der Waals surface area contributed by atoms with Crippen molar-refractivity contribution in [2.45, 2.75) is 11.8 Å². The molecule has 0 aliphatic carbocycles. The number of para-hydroxylation sites is 1. The predicted octanol–water partition coefficient (Wildman–Crippen LogP) is 3.44. The van der Waals surface area contributed by atoms with Crippen molar-refractivity contribution in [3.05, 3.63) is 60.2 Å². The molecule has 0 saturated heterocycles. The summed E-state index contributed by atoms with van der Waals surface area (Å²) in [6.07, 6.45) is 0. The fourth-order valence-electron chi connectivity index (χ4n) is 2.11. The van der Waals surface area contributed by atoms with Crippen LogP contribution in [0.15, 0.2) is 63.9 Å². The third kappa shape index (κ3) is 2.73. The molecule has 0 aliphatic heterocycles. The van der Waals surface area contributed by atoms with Gasteiger partial charge in [0.25, 0.3) is 10.0 Å². The van der Waals surface area contributed by atoms with Gasteiger partial charge in [-0.3, -0.25) is 4.79 Å². The van der Waals surface area contributed by atoms with Gasteiger partial charge in [0.15, 0.2) is 5.78 Å². The van der Waals surface area contributed by atoms with Gasteiger partial charge >= 0.3 is 0 Å². The summed E-state index contributed by atoms with van der Waals surface area (Å²) in [5.74, 6) is -0.0600. The molecule has 112 valence electrons. The largest absolute Gasteiger partial charge is 0.440 e. The van der Waals surface area contributed by atoms with Crippen molar-refractivity contribution in [1.82, 2.24) is 0 Å². The van der Waals surface area contributed by atoms with Crippen LogP contribution in [0.3, 0.4) is 0 Å². The van der Waals surface area contributed by atoms with Crippen LogP contribution in [0, 0.1) is 0 Å². The van der Waals surface area contributed by atoms with Crippen molar-refractivity contribution in [2.24, 2.45) is 0 Å². The van der Waals surface area contributed by atoms with E-state index in [1.165, 1.54) is 25.1 Å². The maximum Gasteiger partial charge on any atom is 0.264 e. The smallest absolute Gasteiger partial charge is 0.264 e. The van der Waals surface area contributed by atoms with Gasteiger partial charge in [-0.2, -0.15) is 0 Å². The molecule has 2 aromatic carbocycles. The summed E-state index contributed by atoms with van der Waals surface area (Å²) in [4.78, 5) is 11.4. The van der Waals surface area contributed by atoms with Crippen LogP contribution >= 0.6 is 0 Å². The average molecular weight is 315 g/mol. The Morgan fingerprint density at radius 1 is 1.05 bits per heavy atom. The SMILES string of the molecule is CC(=O)c1cccc(S(=O)(=O)Nc2cc3ccccc3o2)c1. The summed E-state index contributed by atoms with van der Waals surface area (Å²) in [7, 11) is -3.81. The van der Waals surface area contributed by atoms with Gasteiger partial charge in [0.2, 0.25) is 5.88 Å². The van der Waals surface area contributed by atoms with E-state index in [-0.39, 0.29) is 16.6 Å². The van der Waals surface area contributed by atoms with E-state index in [1.54, 1.807) is 24.3 Å². The minimum atomic E-state index is -3.81. The molecule has 0 fully saturated rings. The summed E-state index contributed by atoms with van der Waals surface area (Å²) in [5, 5.41) is 0.803. The highest BCUT2D eigenvalue weighted by Gasteiger charge is 2.17. The highest BCUT2D eigenvalue weighted by atomic mass is 32.2. The van der Waals surface area contributed by atoms with Crippen molar-refractivity contribution in [2.75, 3.05) is 4.72 Å². The Morgan fingerprint density at radius 2 is 1.82 bits per heavy atom.